The van der Waals surface area contributed by atoms with Crippen molar-refractivity contribution in [3.63, 3.8) is 0 Å². The van der Waals surface area contributed by atoms with Crippen molar-refractivity contribution in [3.8, 4) is 0 Å². The van der Waals surface area contributed by atoms with Gasteiger partial charge in [0.05, 0.1) is 28.7 Å². The number of sulfonamides is 1. The number of benzene rings is 1. The van der Waals surface area contributed by atoms with Gasteiger partial charge in [-0.3, -0.25) is 14.7 Å². The van der Waals surface area contributed by atoms with Crippen molar-refractivity contribution >= 4 is 42.6 Å². The van der Waals surface area contributed by atoms with Gasteiger partial charge >= 0.3 is 0 Å². The van der Waals surface area contributed by atoms with E-state index in [9.17, 15) is 13.2 Å². The summed E-state index contributed by atoms with van der Waals surface area (Å²) in [5, 5.41) is 0.568. The van der Waals surface area contributed by atoms with Crippen LogP contribution >= 0.6 is 11.3 Å². The molecule has 0 radical (unpaired) electrons. The molecule has 1 fully saturated rings. The molecule has 9 heteroatoms. The molecule has 1 aliphatic rings. The van der Waals surface area contributed by atoms with Gasteiger partial charge in [-0.25, -0.2) is 13.4 Å². The topological polar surface area (TPSA) is 83.5 Å². The SMILES string of the molecule is Cc1ccc(C)c2sc(N(Cc3ccccn3)C(=O)C3CCCN3S(C)(=O)=O)nc12. The molecule has 30 heavy (non-hydrogen) atoms. The van der Waals surface area contributed by atoms with Crippen molar-refractivity contribution < 1.29 is 13.2 Å². The van der Waals surface area contributed by atoms with Gasteiger partial charge in [-0.05, 0) is 49.9 Å². The van der Waals surface area contributed by atoms with E-state index in [2.05, 4.69) is 4.98 Å². The Hall–Kier alpha value is -2.36. The second-order valence-electron chi connectivity index (χ2n) is 7.65. The Balaban J connectivity index is 1.78. The number of carbonyl (C=O) groups is 1. The fourth-order valence-corrected chi connectivity index (χ4v) is 6.06. The van der Waals surface area contributed by atoms with E-state index in [1.807, 2.05) is 44.2 Å². The van der Waals surface area contributed by atoms with Crippen LogP contribution in [0.15, 0.2) is 36.5 Å². The summed E-state index contributed by atoms with van der Waals surface area (Å²) in [4.78, 5) is 24.3. The highest BCUT2D eigenvalue weighted by molar-refractivity contribution is 7.88. The largest absolute Gasteiger partial charge is 0.281 e. The maximum Gasteiger partial charge on any atom is 0.247 e. The monoisotopic (exact) mass is 444 g/mol. The second kappa shape index (κ2) is 8.05. The molecule has 3 heterocycles. The molecule has 0 N–H and O–H groups in total. The van der Waals surface area contributed by atoms with Crippen LogP contribution in [0.3, 0.4) is 0 Å². The van der Waals surface area contributed by atoms with E-state index in [1.165, 1.54) is 15.6 Å². The van der Waals surface area contributed by atoms with Crippen LogP contribution in [0.4, 0.5) is 5.13 Å². The van der Waals surface area contributed by atoms with Crippen molar-refractivity contribution in [1.29, 1.82) is 0 Å². The highest BCUT2D eigenvalue weighted by Gasteiger charge is 2.39. The Morgan fingerprint density at radius 3 is 2.67 bits per heavy atom. The fourth-order valence-electron chi connectivity index (χ4n) is 3.82. The number of anilines is 1. The summed E-state index contributed by atoms with van der Waals surface area (Å²) in [6.07, 6.45) is 4.02. The summed E-state index contributed by atoms with van der Waals surface area (Å²) in [7, 11) is -3.47. The molecule has 7 nitrogen and oxygen atoms in total. The van der Waals surface area contributed by atoms with Crippen molar-refractivity contribution in [2.24, 2.45) is 0 Å². The van der Waals surface area contributed by atoms with E-state index in [0.717, 1.165) is 33.3 Å². The van der Waals surface area contributed by atoms with E-state index in [1.54, 1.807) is 11.1 Å². The number of hydrogen-bond acceptors (Lipinski definition) is 6. The van der Waals surface area contributed by atoms with Crippen LogP contribution in [0.1, 0.15) is 29.7 Å². The van der Waals surface area contributed by atoms with E-state index in [4.69, 9.17) is 4.98 Å². The van der Waals surface area contributed by atoms with Gasteiger partial charge in [0.25, 0.3) is 0 Å². The molecule has 4 rings (SSSR count). The predicted octanol–water partition coefficient (Wildman–Crippen LogP) is 3.27. The summed E-state index contributed by atoms with van der Waals surface area (Å²) >= 11 is 1.46. The third-order valence-corrected chi connectivity index (χ3v) is 7.89. The Kier molecular flexibility index (Phi) is 5.61. The molecule has 0 saturated carbocycles. The highest BCUT2D eigenvalue weighted by Crippen LogP contribution is 2.35. The summed E-state index contributed by atoms with van der Waals surface area (Å²) in [6.45, 7) is 4.63. The van der Waals surface area contributed by atoms with Crippen LogP contribution in [0.2, 0.25) is 0 Å². The van der Waals surface area contributed by atoms with Crippen molar-refractivity contribution in [3.05, 3.63) is 53.3 Å². The van der Waals surface area contributed by atoms with Crippen LogP contribution in [0.25, 0.3) is 10.2 Å². The molecule has 1 atom stereocenters. The number of thiazole rings is 1. The summed E-state index contributed by atoms with van der Waals surface area (Å²) in [5.41, 5.74) is 3.74. The lowest BCUT2D eigenvalue weighted by molar-refractivity contribution is -0.121. The average Bonchev–Trinajstić information content (AvgIpc) is 3.37. The lowest BCUT2D eigenvalue weighted by Gasteiger charge is -2.27. The molecule has 1 aromatic carbocycles. The smallest absolute Gasteiger partial charge is 0.247 e. The van der Waals surface area contributed by atoms with Gasteiger partial charge in [0.1, 0.15) is 6.04 Å². The number of pyridine rings is 1. The van der Waals surface area contributed by atoms with Crippen molar-refractivity contribution in [2.45, 2.75) is 39.3 Å². The highest BCUT2D eigenvalue weighted by atomic mass is 32.2. The Morgan fingerprint density at radius 1 is 1.23 bits per heavy atom. The minimum Gasteiger partial charge on any atom is -0.281 e. The second-order valence-corrected chi connectivity index (χ2v) is 10.6. The molecule has 1 unspecified atom stereocenters. The minimum absolute atomic E-state index is 0.242. The first-order valence-corrected chi connectivity index (χ1v) is 12.5. The first-order chi connectivity index (χ1) is 14.3. The van der Waals surface area contributed by atoms with Crippen molar-refractivity contribution in [1.82, 2.24) is 14.3 Å². The molecule has 3 aromatic rings. The maximum absolute atomic E-state index is 13.6. The predicted molar refractivity (Wildman–Crippen MR) is 119 cm³/mol. The molecule has 158 valence electrons. The van der Waals surface area contributed by atoms with Crippen LogP contribution in [0.5, 0.6) is 0 Å². The molecular weight excluding hydrogens is 420 g/mol. The fraction of sp³-hybridized carbons (Fsp3) is 0.381. The quantitative estimate of drug-likeness (QED) is 0.603. The van der Waals surface area contributed by atoms with Gasteiger partial charge in [-0.15, -0.1) is 0 Å². The number of aryl methyl sites for hydroxylation is 2. The standard InChI is InChI=1S/C21H24N4O3S2/c1-14-9-10-15(2)19-18(14)23-21(29-19)24(13-16-7-4-5-11-22-16)20(26)17-8-6-12-25(17)30(3,27)28/h4-5,7,9-11,17H,6,8,12-13H2,1-3H3. The van der Waals surface area contributed by atoms with E-state index in [-0.39, 0.29) is 12.5 Å². The Labute approximate surface area is 180 Å². The molecule has 2 aromatic heterocycles. The molecular formula is C21H24N4O3S2. The van der Waals surface area contributed by atoms with Crippen molar-refractivity contribution in [2.75, 3.05) is 17.7 Å². The van der Waals surface area contributed by atoms with Crippen LogP contribution in [0, 0.1) is 13.8 Å². The van der Waals surface area contributed by atoms with Crippen LogP contribution in [-0.4, -0.2) is 47.4 Å². The van der Waals surface area contributed by atoms with Crippen LogP contribution < -0.4 is 4.90 Å². The maximum atomic E-state index is 13.6. The number of fused-ring (bicyclic) bond motifs is 1. The first kappa shape index (κ1) is 20.9. The third kappa shape index (κ3) is 3.97. The zero-order chi connectivity index (χ0) is 21.5. The normalized spacial score (nSPS) is 17.5. The molecule has 0 bridgehead atoms. The van der Waals surface area contributed by atoms with Gasteiger partial charge in [-0.1, -0.05) is 29.5 Å². The van der Waals surface area contributed by atoms with Gasteiger partial charge in [-0.2, -0.15) is 4.31 Å². The van der Waals surface area contributed by atoms with Gasteiger partial charge < -0.3 is 0 Å². The van der Waals surface area contributed by atoms with Crippen LogP contribution in [-0.2, 0) is 21.4 Å². The number of amides is 1. The zero-order valence-electron chi connectivity index (χ0n) is 17.2. The van der Waals surface area contributed by atoms with Gasteiger partial charge in [0, 0.05) is 12.7 Å². The lowest BCUT2D eigenvalue weighted by Crippen LogP contribution is -2.47. The Bertz CT molecular complexity index is 1150. The molecule has 0 spiro atoms. The lowest BCUT2D eigenvalue weighted by atomic mass is 10.1. The molecule has 0 aliphatic carbocycles. The minimum atomic E-state index is -3.47. The molecule has 1 amide bonds. The summed E-state index contributed by atoms with van der Waals surface area (Å²) in [6, 6.07) is 8.91. The molecule has 1 aliphatic heterocycles. The number of aromatic nitrogens is 2. The van der Waals surface area contributed by atoms with Gasteiger partial charge in [0.2, 0.25) is 15.9 Å². The average molecular weight is 445 g/mol. The zero-order valence-corrected chi connectivity index (χ0v) is 18.8. The van der Waals surface area contributed by atoms with E-state index < -0.39 is 16.1 Å². The third-order valence-electron chi connectivity index (χ3n) is 5.39. The Morgan fingerprint density at radius 2 is 2.00 bits per heavy atom. The van der Waals surface area contributed by atoms with E-state index >= 15 is 0 Å². The molecule has 1 saturated heterocycles. The number of hydrogen-bond donors (Lipinski definition) is 0. The number of carbonyl (C=O) groups excluding carboxylic acids is 1. The number of rotatable bonds is 5. The first-order valence-electron chi connectivity index (χ1n) is 9.80. The summed E-state index contributed by atoms with van der Waals surface area (Å²) in [5.74, 6) is -0.252. The van der Waals surface area contributed by atoms with Gasteiger partial charge in [0.15, 0.2) is 5.13 Å². The summed E-state index contributed by atoms with van der Waals surface area (Å²) < 4.78 is 26.8. The number of nitrogens with zero attached hydrogens (tertiary/aromatic N) is 4. The van der Waals surface area contributed by atoms with E-state index in [0.29, 0.717) is 24.5 Å².